The van der Waals surface area contributed by atoms with E-state index in [1.165, 1.54) is 10.4 Å². The van der Waals surface area contributed by atoms with Gasteiger partial charge < -0.3 is 5.32 Å². The summed E-state index contributed by atoms with van der Waals surface area (Å²) in [4.78, 5) is 12.6. The molecule has 1 fully saturated rings. The molecule has 27 heavy (non-hydrogen) atoms. The van der Waals surface area contributed by atoms with Crippen molar-refractivity contribution in [3.8, 4) is 0 Å². The van der Waals surface area contributed by atoms with Gasteiger partial charge in [0.2, 0.25) is 15.9 Å². The Balaban J connectivity index is 1.58. The van der Waals surface area contributed by atoms with Crippen LogP contribution in [0, 0.1) is 25.6 Å². The molecule has 1 saturated heterocycles. The molecule has 146 valence electrons. The lowest BCUT2D eigenvalue weighted by Gasteiger charge is -2.30. The van der Waals surface area contributed by atoms with Crippen LogP contribution in [0.25, 0.3) is 0 Å². The second-order valence-corrected chi connectivity index (χ2v) is 8.63. The van der Waals surface area contributed by atoms with Gasteiger partial charge in [-0.1, -0.05) is 18.2 Å². The molecule has 2 N–H and O–H groups in total. The van der Waals surface area contributed by atoms with E-state index >= 15 is 0 Å². The summed E-state index contributed by atoms with van der Waals surface area (Å²) in [5.41, 5.74) is 1.38. The molecule has 1 aromatic carbocycles. The van der Waals surface area contributed by atoms with Crippen molar-refractivity contribution >= 4 is 15.9 Å². The number of rotatable bonds is 5. The van der Waals surface area contributed by atoms with E-state index in [0.29, 0.717) is 29.8 Å². The fourth-order valence-electron chi connectivity index (χ4n) is 3.38. The molecule has 0 aliphatic carbocycles. The van der Waals surface area contributed by atoms with Crippen LogP contribution in [0.3, 0.4) is 0 Å². The number of sulfonamides is 1. The minimum Gasteiger partial charge on any atom is -0.352 e. The smallest absolute Gasteiger partial charge is 0.246 e. The van der Waals surface area contributed by atoms with Crippen molar-refractivity contribution in [2.24, 2.45) is 5.92 Å². The van der Waals surface area contributed by atoms with Crippen molar-refractivity contribution in [3.63, 3.8) is 0 Å². The van der Waals surface area contributed by atoms with Gasteiger partial charge in [0.05, 0.1) is 11.4 Å². The third-order valence-corrected chi connectivity index (χ3v) is 7.06. The van der Waals surface area contributed by atoms with Crippen LogP contribution in [0.15, 0.2) is 29.2 Å². The Morgan fingerprint density at radius 3 is 2.56 bits per heavy atom. The molecule has 0 unspecified atom stereocenters. The number of carbonyl (C=O) groups is 1. The van der Waals surface area contributed by atoms with E-state index in [-0.39, 0.29) is 42.2 Å². The Bertz CT molecular complexity index is 914. The predicted molar refractivity (Wildman–Crippen MR) is 97.8 cm³/mol. The number of nitrogens with one attached hydrogen (secondary N) is 2. The molecule has 9 heteroatoms. The highest BCUT2D eigenvalue weighted by molar-refractivity contribution is 7.89. The van der Waals surface area contributed by atoms with E-state index < -0.39 is 10.0 Å². The number of carbonyl (C=O) groups excluding carboxylic acids is 1. The molecule has 1 aliphatic heterocycles. The van der Waals surface area contributed by atoms with Gasteiger partial charge in [0.15, 0.2) is 0 Å². The molecule has 1 amide bonds. The van der Waals surface area contributed by atoms with Gasteiger partial charge in [0.1, 0.15) is 10.7 Å². The van der Waals surface area contributed by atoms with Gasteiger partial charge in [0, 0.05) is 31.1 Å². The van der Waals surface area contributed by atoms with E-state index in [1.54, 1.807) is 32.0 Å². The molecule has 0 spiro atoms. The molecule has 0 atom stereocenters. The maximum absolute atomic E-state index is 13.6. The molecular weight excluding hydrogens is 371 g/mol. The quantitative estimate of drug-likeness (QED) is 0.810. The van der Waals surface area contributed by atoms with Gasteiger partial charge >= 0.3 is 0 Å². The fourth-order valence-corrected chi connectivity index (χ4v) is 5.18. The third kappa shape index (κ3) is 4.03. The summed E-state index contributed by atoms with van der Waals surface area (Å²) < 4.78 is 40.7. The van der Waals surface area contributed by atoms with Crippen LogP contribution in [0.2, 0.25) is 0 Å². The van der Waals surface area contributed by atoms with Crippen LogP contribution in [0.5, 0.6) is 0 Å². The molecule has 1 aliphatic rings. The van der Waals surface area contributed by atoms with E-state index in [4.69, 9.17) is 0 Å². The van der Waals surface area contributed by atoms with Gasteiger partial charge in [-0.25, -0.2) is 12.8 Å². The first-order valence-electron chi connectivity index (χ1n) is 8.83. The van der Waals surface area contributed by atoms with Gasteiger partial charge in [0.25, 0.3) is 0 Å². The highest BCUT2D eigenvalue weighted by atomic mass is 32.2. The lowest BCUT2D eigenvalue weighted by atomic mass is 9.97. The monoisotopic (exact) mass is 394 g/mol. The van der Waals surface area contributed by atoms with E-state index in [0.717, 1.165) is 0 Å². The SMILES string of the molecule is Cc1n[nH]c(C)c1S(=O)(=O)N1CCC(C(=O)NCc2ccccc2F)CC1. The second kappa shape index (κ2) is 7.77. The largest absolute Gasteiger partial charge is 0.352 e. The summed E-state index contributed by atoms with van der Waals surface area (Å²) in [5.74, 6) is -0.815. The summed E-state index contributed by atoms with van der Waals surface area (Å²) in [6.07, 6.45) is 0.858. The average molecular weight is 394 g/mol. The molecule has 1 aromatic heterocycles. The van der Waals surface area contributed by atoms with E-state index in [1.807, 2.05) is 0 Å². The number of H-pyrrole nitrogens is 1. The van der Waals surface area contributed by atoms with Crippen molar-refractivity contribution in [1.29, 1.82) is 0 Å². The number of halogens is 1. The van der Waals surface area contributed by atoms with Crippen LogP contribution in [0.1, 0.15) is 29.8 Å². The summed E-state index contributed by atoms with van der Waals surface area (Å²) in [7, 11) is -3.63. The van der Waals surface area contributed by atoms with Crippen molar-refractivity contribution in [2.75, 3.05) is 13.1 Å². The number of aryl methyl sites for hydroxylation is 2. The number of aromatic nitrogens is 2. The molecule has 0 bridgehead atoms. The minimum atomic E-state index is -3.63. The maximum atomic E-state index is 13.6. The summed E-state index contributed by atoms with van der Waals surface area (Å²) in [5, 5.41) is 9.40. The first-order valence-corrected chi connectivity index (χ1v) is 10.3. The summed E-state index contributed by atoms with van der Waals surface area (Å²) in [6, 6.07) is 6.29. The van der Waals surface area contributed by atoms with Crippen LogP contribution in [-0.2, 0) is 21.4 Å². The molecule has 0 saturated carbocycles. The number of piperidine rings is 1. The highest BCUT2D eigenvalue weighted by Gasteiger charge is 2.34. The summed E-state index contributed by atoms with van der Waals surface area (Å²) >= 11 is 0. The maximum Gasteiger partial charge on any atom is 0.246 e. The fraction of sp³-hybridized carbons (Fsp3) is 0.444. The molecule has 2 heterocycles. The number of hydrogen-bond donors (Lipinski definition) is 2. The molecule has 2 aromatic rings. The van der Waals surface area contributed by atoms with Crippen LogP contribution in [-0.4, -0.2) is 41.9 Å². The Labute approximate surface area is 158 Å². The van der Waals surface area contributed by atoms with Crippen LogP contribution >= 0.6 is 0 Å². The zero-order valence-corrected chi connectivity index (χ0v) is 16.1. The second-order valence-electron chi connectivity index (χ2n) is 6.75. The lowest BCUT2D eigenvalue weighted by molar-refractivity contribution is -0.126. The normalized spacial score (nSPS) is 16.4. The number of benzene rings is 1. The van der Waals surface area contributed by atoms with Crippen molar-refractivity contribution in [3.05, 3.63) is 47.0 Å². The highest BCUT2D eigenvalue weighted by Crippen LogP contribution is 2.26. The van der Waals surface area contributed by atoms with E-state index in [9.17, 15) is 17.6 Å². The van der Waals surface area contributed by atoms with Crippen molar-refractivity contribution < 1.29 is 17.6 Å². The standard InChI is InChI=1S/C18H23FN4O3S/c1-12-17(13(2)22-21-12)27(25,26)23-9-7-14(8-10-23)18(24)20-11-15-5-3-4-6-16(15)19/h3-6,14H,7-11H2,1-2H3,(H,20,24)(H,21,22). The van der Waals surface area contributed by atoms with Gasteiger partial charge in [-0.3, -0.25) is 9.89 Å². The molecule has 3 rings (SSSR count). The van der Waals surface area contributed by atoms with Crippen molar-refractivity contribution in [1.82, 2.24) is 19.8 Å². The van der Waals surface area contributed by atoms with Gasteiger partial charge in [-0.05, 0) is 32.8 Å². The molecule has 0 radical (unpaired) electrons. The summed E-state index contributed by atoms with van der Waals surface area (Å²) in [6.45, 7) is 3.99. The molecule has 7 nitrogen and oxygen atoms in total. The zero-order valence-electron chi connectivity index (χ0n) is 15.3. The van der Waals surface area contributed by atoms with Gasteiger partial charge in [-0.15, -0.1) is 0 Å². The number of nitrogens with zero attached hydrogens (tertiary/aromatic N) is 2. The molecular formula is C18H23FN4O3S. The number of hydrogen-bond acceptors (Lipinski definition) is 4. The minimum absolute atomic E-state index is 0.122. The predicted octanol–water partition coefficient (Wildman–Crippen LogP) is 1.88. The zero-order chi connectivity index (χ0) is 19.6. The number of aromatic amines is 1. The van der Waals surface area contributed by atoms with Crippen LogP contribution in [0.4, 0.5) is 4.39 Å². The third-order valence-electron chi connectivity index (χ3n) is 4.89. The number of amides is 1. The van der Waals surface area contributed by atoms with Crippen LogP contribution < -0.4 is 5.32 Å². The first kappa shape index (κ1) is 19.5. The lowest BCUT2D eigenvalue weighted by Crippen LogP contribution is -2.43. The Hall–Kier alpha value is -2.26. The van der Waals surface area contributed by atoms with E-state index in [2.05, 4.69) is 15.5 Å². The van der Waals surface area contributed by atoms with Crippen molar-refractivity contribution in [2.45, 2.75) is 38.1 Å². The Morgan fingerprint density at radius 2 is 1.96 bits per heavy atom. The van der Waals surface area contributed by atoms with Gasteiger partial charge in [-0.2, -0.15) is 9.40 Å². The Morgan fingerprint density at radius 1 is 1.30 bits per heavy atom. The Kier molecular flexibility index (Phi) is 5.61. The topological polar surface area (TPSA) is 95.2 Å². The first-order chi connectivity index (χ1) is 12.8. The average Bonchev–Trinajstić information content (AvgIpc) is 3.00.